The molecule has 0 fully saturated rings. The molecule has 1 atom stereocenters. The second-order valence-electron chi connectivity index (χ2n) is 5.06. The summed E-state index contributed by atoms with van der Waals surface area (Å²) in [6, 6.07) is 8.55. The Kier molecular flexibility index (Phi) is 5.29. The highest BCUT2D eigenvalue weighted by Gasteiger charge is 2.19. The molecular weight excluding hydrogens is 336 g/mol. The van der Waals surface area contributed by atoms with E-state index in [1.165, 1.54) is 10.5 Å². The molecule has 0 spiro atoms. The number of nitrogens with zero attached hydrogens (tertiary/aromatic N) is 2. The van der Waals surface area contributed by atoms with Gasteiger partial charge in [-0.15, -0.1) is 11.8 Å². The van der Waals surface area contributed by atoms with Crippen LogP contribution in [-0.2, 0) is 0 Å². The molecule has 1 unspecified atom stereocenters. The van der Waals surface area contributed by atoms with Crippen molar-refractivity contribution >= 4 is 27.7 Å². The van der Waals surface area contributed by atoms with Gasteiger partial charge < -0.3 is 5.11 Å². The van der Waals surface area contributed by atoms with Crippen LogP contribution in [0.25, 0.3) is 0 Å². The molecule has 1 N–H and O–H groups in total. The van der Waals surface area contributed by atoms with Crippen molar-refractivity contribution in [1.29, 1.82) is 0 Å². The molecule has 3 nitrogen and oxygen atoms in total. The van der Waals surface area contributed by atoms with Gasteiger partial charge in [0.15, 0.2) is 0 Å². The maximum absolute atomic E-state index is 10.4. The molecule has 2 aromatic rings. The lowest BCUT2D eigenvalue weighted by atomic mass is 10.2. The Morgan fingerprint density at radius 1 is 1.40 bits per heavy atom. The minimum Gasteiger partial charge on any atom is -0.386 e. The Balaban J connectivity index is 2.09. The summed E-state index contributed by atoms with van der Waals surface area (Å²) in [4.78, 5) is 1.18. The summed E-state index contributed by atoms with van der Waals surface area (Å²) in [5.41, 5.74) is 2.08. The Morgan fingerprint density at radius 2 is 2.15 bits per heavy atom. The fraction of sp³-hybridized carbons (Fsp3) is 0.400. The van der Waals surface area contributed by atoms with Crippen molar-refractivity contribution in [3.8, 4) is 0 Å². The van der Waals surface area contributed by atoms with Crippen LogP contribution in [0.1, 0.15) is 37.3 Å². The lowest BCUT2D eigenvalue weighted by Crippen LogP contribution is -2.13. The van der Waals surface area contributed by atoms with Crippen LogP contribution >= 0.6 is 27.7 Å². The van der Waals surface area contributed by atoms with E-state index in [1.807, 2.05) is 10.7 Å². The summed E-state index contributed by atoms with van der Waals surface area (Å²) in [7, 11) is 0. The summed E-state index contributed by atoms with van der Waals surface area (Å²) in [6.07, 6.45) is 1.20. The second-order valence-corrected chi connectivity index (χ2v) is 7.01. The van der Waals surface area contributed by atoms with Crippen molar-refractivity contribution in [3.63, 3.8) is 0 Å². The minimum absolute atomic E-state index is 0.231. The second kappa shape index (κ2) is 6.78. The van der Waals surface area contributed by atoms with Crippen LogP contribution < -0.4 is 0 Å². The van der Waals surface area contributed by atoms with Crippen LogP contribution in [0, 0.1) is 6.92 Å². The van der Waals surface area contributed by atoms with Gasteiger partial charge in [-0.05, 0) is 48.8 Å². The van der Waals surface area contributed by atoms with Gasteiger partial charge in [-0.1, -0.05) is 17.7 Å². The smallest absolute Gasteiger partial charge is 0.106 e. The number of benzene rings is 1. The predicted molar refractivity (Wildman–Crippen MR) is 87.2 cm³/mol. The van der Waals surface area contributed by atoms with Gasteiger partial charge in [0.25, 0.3) is 0 Å². The van der Waals surface area contributed by atoms with Crippen LogP contribution in [0.5, 0.6) is 0 Å². The van der Waals surface area contributed by atoms with E-state index in [9.17, 15) is 5.11 Å². The van der Waals surface area contributed by atoms with Gasteiger partial charge in [-0.25, -0.2) is 0 Å². The first-order valence-corrected chi connectivity index (χ1v) is 8.37. The quantitative estimate of drug-likeness (QED) is 0.810. The molecule has 1 heterocycles. The molecule has 2 rings (SSSR count). The number of aliphatic hydroxyl groups is 1. The summed E-state index contributed by atoms with van der Waals surface area (Å²) in [6.45, 7) is 6.19. The minimum atomic E-state index is -0.542. The van der Waals surface area contributed by atoms with E-state index in [-0.39, 0.29) is 6.04 Å². The van der Waals surface area contributed by atoms with Crippen LogP contribution in [0.3, 0.4) is 0 Å². The number of hydrogen-bond donors (Lipinski definition) is 1. The monoisotopic (exact) mass is 354 g/mol. The zero-order valence-corrected chi connectivity index (χ0v) is 14.3. The first-order chi connectivity index (χ1) is 9.49. The number of rotatable bonds is 5. The SMILES string of the molecule is Cc1cccc(SCC(O)c2c(Br)cnn2C(C)C)c1. The normalized spacial score (nSPS) is 12.9. The lowest BCUT2D eigenvalue weighted by Gasteiger charge is -2.16. The van der Waals surface area contributed by atoms with Crippen LogP contribution in [0.2, 0.25) is 0 Å². The molecule has 0 aliphatic carbocycles. The molecule has 0 bridgehead atoms. The van der Waals surface area contributed by atoms with Gasteiger partial charge in [0, 0.05) is 16.7 Å². The maximum Gasteiger partial charge on any atom is 0.106 e. The highest BCUT2D eigenvalue weighted by molar-refractivity contribution is 9.10. The Morgan fingerprint density at radius 3 is 2.80 bits per heavy atom. The molecule has 0 amide bonds. The summed E-state index contributed by atoms with van der Waals surface area (Å²) in [5.74, 6) is 0.612. The molecule has 5 heteroatoms. The maximum atomic E-state index is 10.4. The van der Waals surface area contributed by atoms with Crippen molar-refractivity contribution in [2.75, 3.05) is 5.75 Å². The lowest BCUT2D eigenvalue weighted by molar-refractivity contribution is 0.188. The Hall–Kier alpha value is -0.780. The number of aliphatic hydroxyl groups excluding tert-OH is 1. The van der Waals surface area contributed by atoms with Gasteiger partial charge in [-0.3, -0.25) is 4.68 Å². The molecule has 0 radical (unpaired) electrons. The molecule has 0 aliphatic rings. The number of aryl methyl sites for hydroxylation is 1. The summed E-state index contributed by atoms with van der Waals surface area (Å²) in [5, 5.41) is 14.7. The number of thioether (sulfide) groups is 1. The van der Waals surface area contributed by atoms with Gasteiger partial charge in [0.2, 0.25) is 0 Å². The number of hydrogen-bond acceptors (Lipinski definition) is 3. The highest BCUT2D eigenvalue weighted by Crippen LogP contribution is 2.30. The molecule has 1 aromatic carbocycles. The van der Waals surface area contributed by atoms with E-state index in [4.69, 9.17) is 0 Å². The Labute approximate surface area is 132 Å². The molecule has 20 heavy (non-hydrogen) atoms. The molecule has 0 saturated carbocycles. The fourth-order valence-electron chi connectivity index (χ4n) is 2.03. The summed E-state index contributed by atoms with van der Waals surface area (Å²) < 4.78 is 2.73. The van der Waals surface area contributed by atoms with Crippen LogP contribution in [-0.4, -0.2) is 20.6 Å². The van der Waals surface area contributed by atoms with Gasteiger partial charge in [-0.2, -0.15) is 5.10 Å². The first kappa shape index (κ1) is 15.6. The average Bonchev–Trinajstić information content (AvgIpc) is 2.78. The highest BCUT2D eigenvalue weighted by atomic mass is 79.9. The average molecular weight is 355 g/mol. The third-order valence-corrected chi connectivity index (χ3v) is 4.67. The predicted octanol–water partition coefficient (Wildman–Crippen LogP) is 4.36. The van der Waals surface area contributed by atoms with E-state index in [1.54, 1.807) is 18.0 Å². The fourth-order valence-corrected chi connectivity index (χ4v) is 3.52. The van der Waals surface area contributed by atoms with Crippen LogP contribution in [0.4, 0.5) is 0 Å². The zero-order chi connectivity index (χ0) is 14.7. The van der Waals surface area contributed by atoms with E-state index < -0.39 is 6.10 Å². The summed E-state index contributed by atoms with van der Waals surface area (Å²) >= 11 is 5.13. The van der Waals surface area contributed by atoms with E-state index in [2.05, 4.69) is 60.0 Å². The molecular formula is C15H19BrN2OS. The van der Waals surface area contributed by atoms with E-state index in [0.29, 0.717) is 5.75 Å². The van der Waals surface area contributed by atoms with Crippen molar-refractivity contribution in [2.24, 2.45) is 0 Å². The van der Waals surface area contributed by atoms with Crippen LogP contribution in [0.15, 0.2) is 39.8 Å². The van der Waals surface area contributed by atoms with Crippen molar-refractivity contribution in [3.05, 3.63) is 46.2 Å². The topological polar surface area (TPSA) is 38.1 Å². The van der Waals surface area contributed by atoms with E-state index >= 15 is 0 Å². The van der Waals surface area contributed by atoms with Gasteiger partial charge >= 0.3 is 0 Å². The largest absolute Gasteiger partial charge is 0.386 e. The van der Waals surface area contributed by atoms with Gasteiger partial charge in [0.1, 0.15) is 6.10 Å². The number of halogens is 1. The number of aromatic nitrogens is 2. The third-order valence-electron chi connectivity index (χ3n) is 2.99. The molecule has 0 saturated heterocycles. The van der Waals surface area contributed by atoms with Gasteiger partial charge in [0.05, 0.1) is 16.4 Å². The molecule has 1 aromatic heterocycles. The standard InChI is InChI=1S/C15H19BrN2OS/c1-10(2)18-15(13(16)8-17-18)14(19)9-20-12-6-4-5-11(3)7-12/h4-8,10,14,19H,9H2,1-3H3. The molecule has 108 valence electrons. The Bertz CT molecular complexity index is 583. The molecule has 0 aliphatic heterocycles. The zero-order valence-electron chi connectivity index (χ0n) is 11.9. The first-order valence-electron chi connectivity index (χ1n) is 6.59. The van der Waals surface area contributed by atoms with Crippen molar-refractivity contribution < 1.29 is 5.11 Å². The van der Waals surface area contributed by atoms with E-state index in [0.717, 1.165) is 10.2 Å². The van der Waals surface area contributed by atoms with Crippen molar-refractivity contribution in [2.45, 2.75) is 37.8 Å². The third kappa shape index (κ3) is 3.65. The van der Waals surface area contributed by atoms with Crippen molar-refractivity contribution in [1.82, 2.24) is 9.78 Å².